The van der Waals surface area contributed by atoms with Crippen molar-refractivity contribution < 1.29 is 24.5 Å². The van der Waals surface area contributed by atoms with Crippen LogP contribution in [0.15, 0.2) is 35.5 Å². The van der Waals surface area contributed by atoms with Crippen molar-refractivity contribution >= 4 is 11.2 Å². The standard InChI is InChI=1S/C14H14N4O5/c19-4-8-11(20)12(21)14(23-8)18-6-17-10-9(7-2-1-3-22-7)15-5-16-13(10)18/h1-3,5-6,8,11-12,14,19-21H,4H2/t8-,11-,12-,14-/m1/s1. The molecule has 1 saturated heterocycles. The smallest absolute Gasteiger partial charge is 0.166 e. The number of ether oxygens (including phenoxy) is 1. The number of imidazole rings is 1. The first-order valence-electron chi connectivity index (χ1n) is 7.04. The molecule has 0 bridgehead atoms. The van der Waals surface area contributed by atoms with Crippen molar-refractivity contribution in [3.05, 3.63) is 31.1 Å². The van der Waals surface area contributed by atoms with Crippen LogP contribution in [0.3, 0.4) is 0 Å². The fourth-order valence-electron chi connectivity index (χ4n) is 2.74. The Kier molecular flexibility index (Phi) is 3.34. The fraction of sp³-hybridized carbons (Fsp3) is 0.357. The zero-order chi connectivity index (χ0) is 16.0. The van der Waals surface area contributed by atoms with E-state index in [2.05, 4.69) is 15.0 Å². The van der Waals surface area contributed by atoms with Gasteiger partial charge in [0.15, 0.2) is 17.6 Å². The summed E-state index contributed by atoms with van der Waals surface area (Å²) < 4.78 is 12.4. The monoisotopic (exact) mass is 318 g/mol. The maximum Gasteiger partial charge on any atom is 0.166 e. The lowest BCUT2D eigenvalue weighted by Gasteiger charge is -2.16. The summed E-state index contributed by atoms with van der Waals surface area (Å²) in [4.78, 5) is 12.6. The highest BCUT2D eigenvalue weighted by molar-refractivity contribution is 5.85. The Balaban J connectivity index is 1.80. The second-order valence-electron chi connectivity index (χ2n) is 5.25. The SMILES string of the molecule is OC[C@H]1O[C@@H](n2cnc3c(-c4ccco4)ncnc32)[C@H](O)[C@@H]1O. The Morgan fingerprint density at radius 1 is 1.17 bits per heavy atom. The van der Waals surface area contributed by atoms with Crippen LogP contribution in [0.2, 0.25) is 0 Å². The largest absolute Gasteiger partial charge is 0.463 e. The van der Waals surface area contributed by atoms with Crippen molar-refractivity contribution in [1.29, 1.82) is 0 Å². The number of fused-ring (bicyclic) bond motifs is 1. The lowest BCUT2D eigenvalue weighted by atomic mass is 10.1. The Morgan fingerprint density at radius 3 is 2.74 bits per heavy atom. The second-order valence-corrected chi connectivity index (χ2v) is 5.25. The quantitative estimate of drug-likeness (QED) is 0.600. The molecule has 1 aliphatic rings. The summed E-state index contributed by atoms with van der Waals surface area (Å²) in [6.07, 6.45) is 0.198. The van der Waals surface area contributed by atoms with Gasteiger partial charge in [0, 0.05) is 0 Å². The third-order valence-electron chi connectivity index (χ3n) is 3.90. The summed E-state index contributed by atoms with van der Waals surface area (Å²) in [6.45, 7) is -0.395. The summed E-state index contributed by atoms with van der Waals surface area (Å²) in [5.74, 6) is 0.545. The van der Waals surface area contributed by atoms with E-state index in [-0.39, 0.29) is 0 Å². The molecule has 0 unspecified atom stereocenters. The number of aromatic nitrogens is 4. The van der Waals surface area contributed by atoms with Gasteiger partial charge in [-0.1, -0.05) is 0 Å². The van der Waals surface area contributed by atoms with E-state index < -0.39 is 31.1 Å². The predicted molar refractivity (Wildman–Crippen MR) is 76.0 cm³/mol. The van der Waals surface area contributed by atoms with Crippen molar-refractivity contribution in [3.8, 4) is 11.5 Å². The number of hydrogen-bond donors (Lipinski definition) is 3. The van der Waals surface area contributed by atoms with Crippen LogP contribution < -0.4 is 0 Å². The molecular weight excluding hydrogens is 304 g/mol. The van der Waals surface area contributed by atoms with E-state index in [1.165, 1.54) is 23.5 Å². The van der Waals surface area contributed by atoms with Gasteiger partial charge in [-0.25, -0.2) is 15.0 Å². The molecule has 1 aliphatic heterocycles. The highest BCUT2D eigenvalue weighted by Gasteiger charge is 2.44. The molecule has 0 aliphatic carbocycles. The lowest BCUT2D eigenvalue weighted by Crippen LogP contribution is -2.33. The Labute approximate surface area is 129 Å². The van der Waals surface area contributed by atoms with Crippen LogP contribution in [0.1, 0.15) is 6.23 Å². The molecular formula is C14H14N4O5. The molecule has 3 aromatic heterocycles. The molecule has 0 radical (unpaired) electrons. The molecule has 4 rings (SSSR count). The minimum Gasteiger partial charge on any atom is -0.463 e. The van der Waals surface area contributed by atoms with E-state index >= 15 is 0 Å². The van der Waals surface area contributed by atoms with Gasteiger partial charge in [-0.2, -0.15) is 0 Å². The lowest BCUT2D eigenvalue weighted by molar-refractivity contribution is -0.0511. The first-order chi connectivity index (χ1) is 11.2. The minimum absolute atomic E-state index is 0.395. The predicted octanol–water partition coefficient (Wildman–Crippen LogP) is -0.302. The minimum atomic E-state index is -1.20. The average molecular weight is 318 g/mol. The molecule has 1 fully saturated rings. The summed E-state index contributed by atoms with van der Waals surface area (Å²) in [5, 5.41) is 29.2. The van der Waals surface area contributed by atoms with Gasteiger partial charge in [-0.15, -0.1) is 0 Å². The zero-order valence-corrected chi connectivity index (χ0v) is 11.9. The van der Waals surface area contributed by atoms with Gasteiger partial charge in [-0.3, -0.25) is 4.57 Å². The molecule has 0 amide bonds. The number of nitrogens with zero attached hydrogens (tertiary/aromatic N) is 4. The van der Waals surface area contributed by atoms with Gasteiger partial charge >= 0.3 is 0 Å². The Hall–Kier alpha value is -2.33. The van der Waals surface area contributed by atoms with E-state index in [0.717, 1.165) is 0 Å². The maximum absolute atomic E-state index is 10.1. The number of hydrogen-bond acceptors (Lipinski definition) is 8. The third kappa shape index (κ3) is 2.13. The van der Waals surface area contributed by atoms with Gasteiger partial charge in [0.25, 0.3) is 0 Å². The number of aliphatic hydroxyl groups excluding tert-OH is 3. The van der Waals surface area contributed by atoms with E-state index in [4.69, 9.17) is 9.15 Å². The summed E-state index contributed by atoms with van der Waals surface area (Å²) in [7, 11) is 0. The van der Waals surface area contributed by atoms with E-state index in [9.17, 15) is 15.3 Å². The first-order valence-corrected chi connectivity index (χ1v) is 7.04. The van der Waals surface area contributed by atoms with E-state index in [0.29, 0.717) is 22.6 Å². The van der Waals surface area contributed by atoms with Crippen LogP contribution >= 0.6 is 0 Å². The maximum atomic E-state index is 10.1. The first kappa shape index (κ1) is 14.3. The van der Waals surface area contributed by atoms with Crippen molar-refractivity contribution in [1.82, 2.24) is 19.5 Å². The molecule has 4 heterocycles. The number of rotatable bonds is 3. The number of aliphatic hydroxyl groups is 3. The molecule has 3 N–H and O–H groups in total. The van der Waals surface area contributed by atoms with Crippen LogP contribution in [0.25, 0.3) is 22.6 Å². The highest BCUT2D eigenvalue weighted by Crippen LogP contribution is 2.32. The molecule has 0 spiro atoms. The highest BCUT2D eigenvalue weighted by atomic mass is 16.6. The van der Waals surface area contributed by atoms with Crippen molar-refractivity contribution in [2.75, 3.05) is 6.61 Å². The fourth-order valence-corrected chi connectivity index (χ4v) is 2.74. The second kappa shape index (κ2) is 5.39. The zero-order valence-electron chi connectivity index (χ0n) is 11.9. The van der Waals surface area contributed by atoms with E-state index in [1.54, 1.807) is 12.1 Å². The molecule has 4 atom stereocenters. The summed E-state index contributed by atoms with van der Waals surface area (Å²) in [5.41, 5.74) is 1.44. The topological polar surface area (TPSA) is 127 Å². The van der Waals surface area contributed by atoms with Gasteiger partial charge in [-0.05, 0) is 12.1 Å². The van der Waals surface area contributed by atoms with Crippen LogP contribution in [0.4, 0.5) is 0 Å². The third-order valence-corrected chi connectivity index (χ3v) is 3.90. The average Bonchev–Trinajstić information content (AvgIpc) is 3.28. The van der Waals surface area contributed by atoms with Gasteiger partial charge < -0.3 is 24.5 Å². The van der Waals surface area contributed by atoms with Crippen LogP contribution in [0, 0.1) is 0 Å². The summed E-state index contributed by atoms with van der Waals surface area (Å²) in [6, 6.07) is 3.50. The van der Waals surface area contributed by atoms with Gasteiger partial charge in [0.05, 0.1) is 19.2 Å². The molecule has 3 aromatic rings. The van der Waals surface area contributed by atoms with Gasteiger partial charge in [0.1, 0.15) is 35.8 Å². The number of furan rings is 1. The van der Waals surface area contributed by atoms with Crippen molar-refractivity contribution in [2.45, 2.75) is 24.5 Å². The molecule has 23 heavy (non-hydrogen) atoms. The molecule has 0 aromatic carbocycles. The summed E-state index contributed by atoms with van der Waals surface area (Å²) >= 11 is 0. The van der Waals surface area contributed by atoms with Crippen molar-refractivity contribution in [3.63, 3.8) is 0 Å². The Morgan fingerprint density at radius 2 is 2.04 bits per heavy atom. The van der Waals surface area contributed by atoms with Crippen LogP contribution in [0.5, 0.6) is 0 Å². The molecule has 9 nitrogen and oxygen atoms in total. The molecule has 9 heteroatoms. The van der Waals surface area contributed by atoms with Crippen LogP contribution in [-0.2, 0) is 4.74 Å². The normalized spacial score (nSPS) is 27.8. The van der Waals surface area contributed by atoms with E-state index in [1.807, 2.05) is 0 Å². The van der Waals surface area contributed by atoms with Gasteiger partial charge in [0.2, 0.25) is 0 Å². The molecule has 0 saturated carbocycles. The Bertz CT molecular complexity index is 818. The van der Waals surface area contributed by atoms with Crippen LogP contribution in [-0.4, -0.2) is 59.8 Å². The van der Waals surface area contributed by atoms with Crippen molar-refractivity contribution in [2.24, 2.45) is 0 Å². The molecule has 120 valence electrons.